The Hall–Kier alpha value is -4.00. The number of carbonyl (C=O) groups excluding carboxylic acids is 2. The predicted octanol–water partition coefficient (Wildman–Crippen LogP) is 3.92. The van der Waals surface area contributed by atoms with Crippen molar-refractivity contribution in [2.24, 2.45) is 11.1 Å². The highest BCUT2D eigenvalue weighted by atomic mass is 19.1. The number of oxime groups is 1. The Morgan fingerprint density at radius 3 is 2.65 bits per heavy atom. The van der Waals surface area contributed by atoms with Gasteiger partial charge in [-0.3, -0.25) is 9.59 Å². The lowest BCUT2D eigenvalue weighted by atomic mass is 9.74. The maximum Gasteiger partial charge on any atom is 0.277 e. The maximum atomic E-state index is 13.8. The smallest absolute Gasteiger partial charge is 0.277 e. The number of Topliss-reactive ketones (excluding diaryl/α,β-unsaturated/α-hetero) is 1. The Bertz CT molecular complexity index is 1240. The number of nitrogens with one attached hydrogen (secondary N) is 1. The fourth-order valence-electron chi connectivity index (χ4n) is 4.14. The van der Waals surface area contributed by atoms with Crippen molar-refractivity contribution < 1.29 is 23.6 Å². The molecular weight excluding hydrogens is 399 g/mol. The van der Waals surface area contributed by atoms with E-state index in [1.165, 1.54) is 31.4 Å². The first-order valence-corrected chi connectivity index (χ1v) is 9.66. The van der Waals surface area contributed by atoms with Crippen LogP contribution in [0.1, 0.15) is 21.5 Å². The normalized spacial score (nSPS) is 21.3. The molecule has 0 bridgehead atoms. The Balaban J connectivity index is 1.69. The van der Waals surface area contributed by atoms with E-state index in [-0.39, 0.29) is 11.5 Å². The molecule has 2 heterocycles. The number of halogens is 1. The van der Waals surface area contributed by atoms with Crippen LogP contribution >= 0.6 is 0 Å². The molecular formula is C24H17FN2O4. The Morgan fingerprint density at radius 2 is 1.87 bits per heavy atom. The van der Waals surface area contributed by atoms with Gasteiger partial charge in [-0.15, -0.1) is 0 Å². The van der Waals surface area contributed by atoms with Gasteiger partial charge < -0.3 is 14.9 Å². The van der Waals surface area contributed by atoms with E-state index in [4.69, 9.17) is 9.57 Å². The summed E-state index contributed by atoms with van der Waals surface area (Å²) >= 11 is 0. The highest BCUT2D eigenvalue weighted by Gasteiger charge is 2.63. The number of carbonyl (C=O) groups is 2. The molecule has 1 amide bonds. The third-order valence-electron chi connectivity index (χ3n) is 5.64. The van der Waals surface area contributed by atoms with Crippen molar-refractivity contribution in [3.63, 3.8) is 0 Å². The minimum atomic E-state index is -1.65. The number of hydrogen-bond acceptors (Lipinski definition) is 5. The number of ether oxygens (including phenoxy) is 1. The van der Waals surface area contributed by atoms with Crippen LogP contribution in [0.15, 0.2) is 78.0 Å². The van der Waals surface area contributed by atoms with Crippen LogP contribution in [0.2, 0.25) is 0 Å². The molecule has 3 aromatic carbocycles. The Labute approximate surface area is 177 Å². The van der Waals surface area contributed by atoms with Gasteiger partial charge >= 0.3 is 0 Å². The van der Waals surface area contributed by atoms with Crippen molar-refractivity contribution in [2.75, 3.05) is 12.4 Å². The maximum absolute atomic E-state index is 13.8. The van der Waals surface area contributed by atoms with Crippen LogP contribution in [0.4, 0.5) is 10.1 Å². The molecule has 3 aromatic rings. The standard InChI is InChI=1S/C24H17FN2O4/c1-30-17-6-4-5-15(13-17)22(28)20-21(14-9-11-16(25)12-10-14)27-31-24(20)18-7-2-3-8-19(18)26-23(24)29/h2-13,20H,1H3,(H,26,29)/t20-,24+/m0/s1. The lowest BCUT2D eigenvalue weighted by Crippen LogP contribution is -2.46. The number of rotatable bonds is 4. The number of methoxy groups -OCH3 is 1. The molecule has 0 saturated carbocycles. The molecule has 154 valence electrons. The van der Waals surface area contributed by atoms with Gasteiger partial charge in [-0.2, -0.15) is 0 Å². The fraction of sp³-hybridized carbons (Fsp3) is 0.125. The molecule has 1 spiro atoms. The number of anilines is 1. The van der Waals surface area contributed by atoms with E-state index in [1.54, 1.807) is 48.5 Å². The summed E-state index contributed by atoms with van der Waals surface area (Å²) in [6.07, 6.45) is 0. The van der Waals surface area contributed by atoms with Gasteiger partial charge in [0.25, 0.3) is 11.5 Å². The molecule has 0 radical (unpaired) electrons. The zero-order chi connectivity index (χ0) is 21.6. The van der Waals surface area contributed by atoms with Crippen LogP contribution in [0.25, 0.3) is 0 Å². The van der Waals surface area contributed by atoms with Crippen molar-refractivity contribution in [3.8, 4) is 5.75 Å². The average Bonchev–Trinajstić information content (AvgIpc) is 3.33. The van der Waals surface area contributed by atoms with Crippen molar-refractivity contribution in [2.45, 2.75) is 5.60 Å². The van der Waals surface area contributed by atoms with Crippen LogP contribution in [0, 0.1) is 11.7 Å². The zero-order valence-electron chi connectivity index (χ0n) is 16.5. The van der Waals surface area contributed by atoms with Crippen LogP contribution in [-0.2, 0) is 15.2 Å². The summed E-state index contributed by atoms with van der Waals surface area (Å²) in [7, 11) is 1.51. The summed E-state index contributed by atoms with van der Waals surface area (Å²) in [5.74, 6) is -1.82. The van der Waals surface area contributed by atoms with E-state index in [9.17, 15) is 14.0 Å². The molecule has 0 fully saturated rings. The number of nitrogens with zero attached hydrogens (tertiary/aromatic N) is 1. The van der Waals surface area contributed by atoms with Gasteiger partial charge in [-0.05, 0) is 30.3 Å². The first-order valence-electron chi connectivity index (χ1n) is 9.66. The number of para-hydroxylation sites is 1. The molecule has 2 atom stereocenters. The number of benzene rings is 3. The van der Waals surface area contributed by atoms with E-state index < -0.39 is 23.2 Å². The minimum absolute atomic E-state index is 0.264. The number of fused-ring (bicyclic) bond motifs is 2. The number of ketones is 1. The molecule has 2 aliphatic rings. The average molecular weight is 416 g/mol. The van der Waals surface area contributed by atoms with Crippen LogP contribution in [-0.4, -0.2) is 24.5 Å². The quantitative estimate of drug-likeness (QED) is 0.654. The van der Waals surface area contributed by atoms with E-state index >= 15 is 0 Å². The topological polar surface area (TPSA) is 77.0 Å². The van der Waals surface area contributed by atoms with Gasteiger partial charge in [0.1, 0.15) is 23.2 Å². The molecule has 1 N–H and O–H groups in total. The molecule has 7 heteroatoms. The Kier molecular flexibility index (Phi) is 4.32. The fourth-order valence-corrected chi connectivity index (χ4v) is 4.14. The van der Waals surface area contributed by atoms with E-state index in [0.29, 0.717) is 28.1 Å². The van der Waals surface area contributed by atoms with Crippen molar-refractivity contribution in [3.05, 3.63) is 95.3 Å². The van der Waals surface area contributed by atoms with Gasteiger partial charge in [0.05, 0.1) is 7.11 Å². The monoisotopic (exact) mass is 416 g/mol. The third-order valence-corrected chi connectivity index (χ3v) is 5.64. The molecule has 31 heavy (non-hydrogen) atoms. The molecule has 0 saturated heterocycles. The molecule has 6 nitrogen and oxygen atoms in total. The predicted molar refractivity (Wildman–Crippen MR) is 112 cm³/mol. The van der Waals surface area contributed by atoms with Crippen LogP contribution in [0.5, 0.6) is 5.75 Å². The highest BCUT2D eigenvalue weighted by Crippen LogP contribution is 2.49. The van der Waals surface area contributed by atoms with E-state index in [0.717, 1.165) is 0 Å². The summed E-state index contributed by atoms with van der Waals surface area (Å²) in [4.78, 5) is 32.8. The largest absolute Gasteiger partial charge is 0.497 e. The van der Waals surface area contributed by atoms with Crippen LogP contribution < -0.4 is 10.1 Å². The third kappa shape index (κ3) is 2.81. The molecule has 0 aliphatic carbocycles. The van der Waals surface area contributed by atoms with Gasteiger partial charge in [0.2, 0.25) is 0 Å². The highest BCUT2D eigenvalue weighted by molar-refractivity contribution is 6.24. The number of amides is 1. The first kappa shape index (κ1) is 19.0. The van der Waals surface area contributed by atoms with Crippen LogP contribution in [0.3, 0.4) is 0 Å². The van der Waals surface area contributed by atoms with Crippen molar-refractivity contribution >= 4 is 23.1 Å². The van der Waals surface area contributed by atoms with Gasteiger partial charge in [-0.1, -0.05) is 47.6 Å². The zero-order valence-corrected chi connectivity index (χ0v) is 16.5. The number of hydrogen-bond donors (Lipinski definition) is 1. The lowest BCUT2D eigenvalue weighted by molar-refractivity contribution is -0.140. The van der Waals surface area contributed by atoms with Gasteiger partial charge in [0.15, 0.2) is 5.78 Å². The summed E-state index contributed by atoms with van der Waals surface area (Å²) in [6.45, 7) is 0. The lowest BCUT2D eigenvalue weighted by Gasteiger charge is -2.26. The summed E-state index contributed by atoms with van der Waals surface area (Å²) in [5.41, 5.74) is 0.548. The van der Waals surface area contributed by atoms with E-state index in [1.807, 2.05) is 0 Å². The molecule has 5 rings (SSSR count). The Morgan fingerprint density at radius 1 is 1.10 bits per heavy atom. The second-order valence-corrected chi connectivity index (χ2v) is 7.34. The van der Waals surface area contributed by atoms with E-state index in [2.05, 4.69) is 10.5 Å². The van der Waals surface area contributed by atoms with Crippen molar-refractivity contribution in [1.29, 1.82) is 0 Å². The van der Waals surface area contributed by atoms with Crippen molar-refractivity contribution in [1.82, 2.24) is 0 Å². The summed E-state index contributed by atoms with van der Waals surface area (Å²) in [6, 6.07) is 19.3. The summed E-state index contributed by atoms with van der Waals surface area (Å²) in [5, 5.41) is 6.97. The second kappa shape index (κ2) is 7.05. The molecule has 0 unspecified atom stereocenters. The molecule has 0 aromatic heterocycles. The first-order chi connectivity index (χ1) is 15.0. The van der Waals surface area contributed by atoms with Gasteiger partial charge in [-0.25, -0.2) is 4.39 Å². The minimum Gasteiger partial charge on any atom is -0.497 e. The summed E-state index contributed by atoms with van der Waals surface area (Å²) < 4.78 is 18.8. The SMILES string of the molecule is COc1cccc(C(=O)[C@@H]2C(c3ccc(F)cc3)=NO[C@@]23C(=O)Nc2ccccc23)c1. The van der Waals surface area contributed by atoms with Gasteiger partial charge in [0, 0.05) is 22.4 Å². The molecule has 2 aliphatic heterocycles. The second-order valence-electron chi connectivity index (χ2n) is 7.34.